The summed E-state index contributed by atoms with van der Waals surface area (Å²) in [6.45, 7) is 20.2. The van der Waals surface area contributed by atoms with Crippen molar-refractivity contribution in [3.63, 3.8) is 0 Å². The highest BCUT2D eigenvalue weighted by Gasteiger charge is 2.23. The minimum absolute atomic E-state index is 0.397. The van der Waals surface area contributed by atoms with Gasteiger partial charge in [0.2, 0.25) is 0 Å². The zero-order chi connectivity index (χ0) is 24.1. The minimum Gasteiger partial charge on any atom is -0.424 e. The van der Waals surface area contributed by atoms with E-state index >= 15 is 0 Å². The number of rotatable bonds is 24. The van der Waals surface area contributed by atoms with E-state index in [1.807, 2.05) is 0 Å². The number of hydrogen-bond donors (Lipinski definition) is 1. The fraction of sp³-hybridized carbons (Fsp3) is 1.00. The molecular weight excluding hydrogens is 428 g/mol. The number of unbranched alkanes of at least 4 members (excludes halogenated alkanes) is 9. The summed E-state index contributed by atoms with van der Waals surface area (Å²) < 4.78 is 11.7. The van der Waals surface area contributed by atoms with Gasteiger partial charge in [-0.3, -0.25) is 0 Å². The lowest BCUT2D eigenvalue weighted by atomic mass is 10.1. The van der Waals surface area contributed by atoms with Crippen LogP contribution in [-0.2, 0) is 8.85 Å². The Hall–Kier alpha value is 0.274. The molecule has 0 aromatic carbocycles. The van der Waals surface area contributed by atoms with Crippen molar-refractivity contribution < 1.29 is 8.85 Å². The van der Waals surface area contributed by atoms with E-state index in [0.717, 1.165) is 19.8 Å². The average molecular weight is 489 g/mol. The predicted molar refractivity (Wildman–Crippen MR) is 149 cm³/mol. The Balaban J connectivity index is 4.23. The Morgan fingerprint density at radius 1 is 0.594 bits per heavy atom. The van der Waals surface area contributed by atoms with Crippen molar-refractivity contribution in [1.29, 1.82) is 0 Å². The van der Waals surface area contributed by atoms with Crippen molar-refractivity contribution >= 4 is 19.5 Å². The maximum atomic E-state index is 5.87. The van der Waals surface area contributed by atoms with Crippen molar-refractivity contribution in [2.24, 2.45) is 5.73 Å². The maximum absolute atomic E-state index is 5.87. The van der Waals surface area contributed by atoms with E-state index < -0.39 is 19.5 Å². The molecule has 0 aromatic rings. The monoisotopic (exact) mass is 488 g/mol. The summed E-state index contributed by atoms with van der Waals surface area (Å²) in [6, 6.07) is 0. The molecule has 0 rings (SSSR count). The summed E-state index contributed by atoms with van der Waals surface area (Å²) in [5, 5.41) is 0.794. The quantitative estimate of drug-likeness (QED) is 0.143. The van der Waals surface area contributed by atoms with Crippen LogP contribution in [0.1, 0.15) is 119 Å². The first-order valence-corrected chi connectivity index (χ1v) is 16.4. The van der Waals surface area contributed by atoms with Gasteiger partial charge >= 0.3 is 0 Å². The largest absolute Gasteiger partial charge is 0.424 e. The summed E-state index contributed by atoms with van der Waals surface area (Å²) in [5.74, 6) is 0. The molecule has 0 fully saturated rings. The molecule has 0 aliphatic carbocycles. The lowest BCUT2D eigenvalue weighted by molar-refractivity contribution is 0.232. The SMILES string of the molecule is CCO[SiH2]C(C)(C)CCN(CCCCCCCCCCCCN)CCC(C)(C)[SiH2]OCC. The molecule has 0 aliphatic heterocycles. The fourth-order valence-corrected chi connectivity index (χ4v) is 6.17. The Morgan fingerprint density at radius 2 is 0.969 bits per heavy atom. The first-order valence-electron chi connectivity index (χ1n) is 13.8. The van der Waals surface area contributed by atoms with Gasteiger partial charge in [0.1, 0.15) is 0 Å². The van der Waals surface area contributed by atoms with E-state index in [2.05, 4.69) is 46.4 Å². The molecule has 0 bridgehead atoms. The van der Waals surface area contributed by atoms with E-state index in [4.69, 9.17) is 14.6 Å². The molecule has 0 unspecified atom stereocenters. The average Bonchev–Trinajstić information content (AvgIpc) is 2.76. The normalized spacial score (nSPS) is 13.5. The van der Waals surface area contributed by atoms with Gasteiger partial charge in [-0.05, 0) is 75.8 Å². The molecule has 0 heterocycles. The summed E-state index contributed by atoms with van der Waals surface area (Å²) >= 11 is 0. The smallest absolute Gasteiger partial charge is 0.167 e. The lowest BCUT2D eigenvalue weighted by Gasteiger charge is -2.32. The number of hydrogen-bond acceptors (Lipinski definition) is 4. The molecule has 4 nitrogen and oxygen atoms in total. The predicted octanol–water partition coefficient (Wildman–Crippen LogP) is 5.57. The third-order valence-electron chi connectivity index (χ3n) is 6.53. The fourth-order valence-electron chi connectivity index (χ4n) is 4.05. The van der Waals surface area contributed by atoms with Gasteiger partial charge in [0.25, 0.3) is 0 Å². The van der Waals surface area contributed by atoms with Gasteiger partial charge < -0.3 is 19.5 Å². The van der Waals surface area contributed by atoms with Crippen molar-refractivity contribution in [3.05, 3.63) is 0 Å². The van der Waals surface area contributed by atoms with E-state index in [9.17, 15) is 0 Å². The van der Waals surface area contributed by atoms with E-state index in [1.54, 1.807) is 0 Å². The zero-order valence-electron chi connectivity index (χ0n) is 23.0. The van der Waals surface area contributed by atoms with Crippen LogP contribution in [0.5, 0.6) is 0 Å². The van der Waals surface area contributed by atoms with E-state index in [-0.39, 0.29) is 0 Å². The standard InChI is InChI=1S/C26H60N2O2Si2/c1-7-29-31-25(3,4)19-23-28(24-20-26(5,6)32-30-8-2)22-18-16-14-12-10-9-11-13-15-17-21-27/h7-24,27,31-32H2,1-6H3. The van der Waals surface area contributed by atoms with Crippen LogP contribution in [0.4, 0.5) is 0 Å². The van der Waals surface area contributed by atoms with Gasteiger partial charge in [0, 0.05) is 13.2 Å². The van der Waals surface area contributed by atoms with Gasteiger partial charge in [-0.15, -0.1) is 0 Å². The van der Waals surface area contributed by atoms with Crippen molar-refractivity contribution in [2.75, 3.05) is 39.4 Å². The Bertz CT molecular complexity index is 385. The molecular formula is C26H60N2O2Si2. The number of nitrogens with zero attached hydrogens (tertiary/aromatic N) is 1. The first-order chi connectivity index (χ1) is 15.3. The summed E-state index contributed by atoms with van der Waals surface area (Å²) in [6.07, 6.45) is 16.2. The van der Waals surface area contributed by atoms with Crippen LogP contribution in [0.3, 0.4) is 0 Å². The van der Waals surface area contributed by atoms with Crippen LogP contribution >= 0.6 is 0 Å². The minimum atomic E-state index is -0.445. The summed E-state index contributed by atoms with van der Waals surface area (Å²) in [5.41, 5.74) is 5.57. The molecule has 0 spiro atoms. The van der Waals surface area contributed by atoms with Crippen LogP contribution in [0.25, 0.3) is 0 Å². The molecule has 32 heavy (non-hydrogen) atoms. The Labute approximate surface area is 207 Å². The van der Waals surface area contributed by atoms with Gasteiger partial charge in [-0.1, -0.05) is 79.1 Å². The summed E-state index contributed by atoms with van der Waals surface area (Å²) in [4.78, 5) is 2.75. The topological polar surface area (TPSA) is 47.7 Å². The van der Waals surface area contributed by atoms with Crippen molar-refractivity contribution in [2.45, 2.75) is 129 Å². The van der Waals surface area contributed by atoms with Gasteiger partial charge in [0.15, 0.2) is 19.5 Å². The molecule has 0 atom stereocenters. The molecule has 6 heteroatoms. The molecule has 0 amide bonds. The third kappa shape index (κ3) is 20.9. The van der Waals surface area contributed by atoms with Gasteiger partial charge in [-0.2, -0.15) is 0 Å². The molecule has 0 radical (unpaired) electrons. The zero-order valence-corrected chi connectivity index (χ0v) is 25.8. The van der Waals surface area contributed by atoms with E-state index in [1.165, 1.54) is 96.7 Å². The Kier molecular flexibility index (Phi) is 20.8. The van der Waals surface area contributed by atoms with Gasteiger partial charge in [-0.25, -0.2) is 0 Å². The molecule has 2 N–H and O–H groups in total. The molecule has 0 aromatic heterocycles. The molecule has 0 saturated heterocycles. The second-order valence-electron chi connectivity index (χ2n) is 11.3. The maximum Gasteiger partial charge on any atom is 0.167 e. The lowest BCUT2D eigenvalue weighted by Crippen LogP contribution is -2.33. The highest BCUT2D eigenvalue weighted by atomic mass is 28.2. The molecule has 0 saturated carbocycles. The summed E-state index contributed by atoms with van der Waals surface area (Å²) in [7, 11) is -0.891. The second kappa shape index (κ2) is 20.6. The van der Waals surface area contributed by atoms with Gasteiger partial charge in [0.05, 0.1) is 0 Å². The highest BCUT2D eigenvalue weighted by Crippen LogP contribution is 2.30. The molecule has 194 valence electrons. The van der Waals surface area contributed by atoms with Crippen LogP contribution in [0.15, 0.2) is 0 Å². The second-order valence-corrected chi connectivity index (χ2v) is 16.5. The third-order valence-corrected chi connectivity index (χ3v) is 10.0. The van der Waals surface area contributed by atoms with Crippen LogP contribution in [0, 0.1) is 0 Å². The van der Waals surface area contributed by atoms with Crippen molar-refractivity contribution in [3.8, 4) is 0 Å². The van der Waals surface area contributed by atoms with Crippen molar-refractivity contribution in [1.82, 2.24) is 4.90 Å². The van der Waals surface area contributed by atoms with Crippen LogP contribution in [-0.4, -0.2) is 63.8 Å². The van der Waals surface area contributed by atoms with Crippen LogP contribution in [0.2, 0.25) is 10.1 Å². The number of nitrogens with two attached hydrogens (primary N) is 1. The highest BCUT2D eigenvalue weighted by molar-refractivity contribution is 6.32. The van der Waals surface area contributed by atoms with Crippen LogP contribution < -0.4 is 5.73 Å². The first kappa shape index (κ1) is 32.3. The van der Waals surface area contributed by atoms with E-state index in [0.29, 0.717) is 10.1 Å². The Morgan fingerprint density at radius 3 is 1.34 bits per heavy atom. The molecule has 0 aliphatic rings.